The molecule has 2 amide bonds. The Balaban J connectivity index is 2.06. The van der Waals surface area contributed by atoms with Gasteiger partial charge in [0.15, 0.2) is 0 Å². The van der Waals surface area contributed by atoms with Gasteiger partial charge in [-0.1, -0.05) is 0 Å². The van der Waals surface area contributed by atoms with Crippen LogP contribution < -0.4 is 0 Å². The number of rotatable bonds is 4. The number of imide groups is 1. The van der Waals surface area contributed by atoms with Gasteiger partial charge in [0.1, 0.15) is 0 Å². The molecule has 0 unspecified atom stereocenters. The quantitative estimate of drug-likeness (QED) is 0.445. The minimum absolute atomic E-state index is 0.229. The van der Waals surface area contributed by atoms with Gasteiger partial charge in [-0.15, -0.1) is 12.3 Å². The smallest absolute Gasteiger partial charge is 0.263 e. The molecule has 0 spiro atoms. The third-order valence-corrected chi connectivity index (χ3v) is 2.73. The number of fused-ring (bicyclic) bond motifs is 1. The molecule has 0 saturated heterocycles. The molecule has 0 bridgehead atoms. The van der Waals surface area contributed by atoms with Gasteiger partial charge in [0, 0.05) is 25.4 Å². The van der Waals surface area contributed by atoms with Crippen molar-refractivity contribution >= 4 is 11.8 Å². The number of carbonyl (C=O) groups excluding carboxylic acids is 2. The first-order chi connectivity index (χ1) is 8.25. The Morgan fingerprint density at radius 1 is 1.24 bits per heavy atom. The summed E-state index contributed by atoms with van der Waals surface area (Å²) >= 11 is 0. The Bertz CT molecular complexity index is 467. The summed E-state index contributed by atoms with van der Waals surface area (Å²) in [7, 11) is 0. The molecule has 0 aliphatic carbocycles. The van der Waals surface area contributed by atoms with Crippen molar-refractivity contribution in [2.75, 3.05) is 6.54 Å². The number of aromatic nitrogens is 1. The molecule has 0 aromatic carbocycles. The Hall–Kier alpha value is -2.15. The SMILES string of the molecule is C#CCCCCN1C(=O)c2ccncc2C1=O. The van der Waals surface area contributed by atoms with Gasteiger partial charge in [-0.2, -0.15) is 0 Å². The molecule has 2 rings (SSSR count). The molecule has 1 aromatic heterocycles. The van der Waals surface area contributed by atoms with Crippen LogP contribution in [-0.4, -0.2) is 28.2 Å². The van der Waals surface area contributed by atoms with Gasteiger partial charge in [0.05, 0.1) is 11.1 Å². The Labute approximate surface area is 99.6 Å². The van der Waals surface area contributed by atoms with Crippen molar-refractivity contribution in [1.29, 1.82) is 0 Å². The van der Waals surface area contributed by atoms with Crippen molar-refractivity contribution in [3.8, 4) is 12.3 Å². The fourth-order valence-electron chi connectivity index (χ4n) is 1.83. The molecule has 2 heterocycles. The zero-order valence-electron chi connectivity index (χ0n) is 9.35. The predicted octanol–water partition coefficient (Wildman–Crippen LogP) is 1.48. The molecule has 4 nitrogen and oxygen atoms in total. The highest BCUT2D eigenvalue weighted by Crippen LogP contribution is 2.21. The van der Waals surface area contributed by atoms with Crippen LogP contribution in [0.25, 0.3) is 0 Å². The third-order valence-electron chi connectivity index (χ3n) is 2.73. The number of nitrogens with zero attached hydrogens (tertiary/aromatic N) is 2. The van der Waals surface area contributed by atoms with Gasteiger partial charge in [-0.05, 0) is 18.9 Å². The summed E-state index contributed by atoms with van der Waals surface area (Å²) in [6.45, 7) is 0.425. The second kappa shape index (κ2) is 4.79. The Morgan fingerprint density at radius 3 is 2.71 bits per heavy atom. The average molecular weight is 228 g/mol. The minimum atomic E-state index is -0.251. The second-order valence-corrected chi connectivity index (χ2v) is 3.84. The molecule has 0 fully saturated rings. The molecule has 0 N–H and O–H groups in total. The van der Waals surface area contributed by atoms with Gasteiger partial charge in [0.2, 0.25) is 0 Å². The summed E-state index contributed by atoms with van der Waals surface area (Å²) in [6.07, 6.45) is 10.3. The van der Waals surface area contributed by atoms with E-state index in [1.54, 1.807) is 6.07 Å². The number of carbonyl (C=O) groups is 2. The number of terminal acetylenes is 1. The second-order valence-electron chi connectivity index (χ2n) is 3.84. The van der Waals surface area contributed by atoms with Crippen LogP contribution in [0.1, 0.15) is 40.0 Å². The highest BCUT2D eigenvalue weighted by atomic mass is 16.2. The molecule has 17 heavy (non-hydrogen) atoms. The van der Waals surface area contributed by atoms with Crippen molar-refractivity contribution in [3.05, 3.63) is 29.6 Å². The lowest BCUT2D eigenvalue weighted by Crippen LogP contribution is -2.30. The molecule has 0 saturated carbocycles. The van der Waals surface area contributed by atoms with Gasteiger partial charge < -0.3 is 0 Å². The normalized spacial score (nSPS) is 13.7. The van der Waals surface area contributed by atoms with Gasteiger partial charge in [-0.3, -0.25) is 19.5 Å². The van der Waals surface area contributed by atoms with Crippen LogP contribution in [0.4, 0.5) is 0 Å². The zero-order chi connectivity index (χ0) is 12.3. The lowest BCUT2D eigenvalue weighted by atomic mass is 10.2. The van der Waals surface area contributed by atoms with E-state index in [2.05, 4.69) is 10.9 Å². The van der Waals surface area contributed by atoms with Crippen LogP contribution >= 0.6 is 0 Å². The molecule has 0 radical (unpaired) electrons. The van der Waals surface area contributed by atoms with Crippen molar-refractivity contribution in [3.63, 3.8) is 0 Å². The van der Waals surface area contributed by atoms with E-state index in [1.807, 2.05) is 0 Å². The van der Waals surface area contributed by atoms with Crippen LogP contribution in [0.15, 0.2) is 18.5 Å². The maximum absolute atomic E-state index is 11.9. The van der Waals surface area contributed by atoms with E-state index in [1.165, 1.54) is 17.3 Å². The lowest BCUT2D eigenvalue weighted by molar-refractivity contribution is 0.0652. The van der Waals surface area contributed by atoms with E-state index in [0.29, 0.717) is 24.1 Å². The van der Waals surface area contributed by atoms with Crippen molar-refractivity contribution < 1.29 is 9.59 Å². The summed E-state index contributed by atoms with van der Waals surface area (Å²) in [6, 6.07) is 1.58. The summed E-state index contributed by atoms with van der Waals surface area (Å²) in [5.41, 5.74) is 0.844. The molecule has 1 aromatic rings. The van der Waals surface area contributed by atoms with E-state index < -0.39 is 0 Å². The topological polar surface area (TPSA) is 50.3 Å². The standard InChI is InChI=1S/C13H12N2O2/c1-2-3-4-5-8-15-12(16)10-6-7-14-9-11(10)13(15)17/h1,6-7,9H,3-5,8H2. The highest BCUT2D eigenvalue weighted by Gasteiger charge is 2.34. The number of hydrogen-bond donors (Lipinski definition) is 0. The zero-order valence-corrected chi connectivity index (χ0v) is 9.35. The first-order valence-corrected chi connectivity index (χ1v) is 5.49. The number of hydrogen-bond acceptors (Lipinski definition) is 3. The molecule has 1 aliphatic rings. The first kappa shape index (κ1) is 11.3. The van der Waals surface area contributed by atoms with E-state index in [-0.39, 0.29) is 11.8 Å². The van der Waals surface area contributed by atoms with Gasteiger partial charge in [-0.25, -0.2) is 0 Å². The Morgan fingerprint density at radius 2 is 2.00 bits per heavy atom. The van der Waals surface area contributed by atoms with Crippen molar-refractivity contribution in [1.82, 2.24) is 9.88 Å². The van der Waals surface area contributed by atoms with Crippen LogP contribution in [0.2, 0.25) is 0 Å². The van der Waals surface area contributed by atoms with Crippen LogP contribution in [0.3, 0.4) is 0 Å². The van der Waals surface area contributed by atoms with Gasteiger partial charge >= 0.3 is 0 Å². The summed E-state index contributed by atoms with van der Waals surface area (Å²) in [5, 5.41) is 0. The van der Waals surface area contributed by atoms with E-state index >= 15 is 0 Å². The fraction of sp³-hybridized carbons (Fsp3) is 0.308. The first-order valence-electron chi connectivity index (χ1n) is 5.49. The van der Waals surface area contributed by atoms with Gasteiger partial charge in [0.25, 0.3) is 11.8 Å². The maximum Gasteiger partial charge on any atom is 0.263 e. The van der Waals surface area contributed by atoms with Crippen LogP contribution in [0, 0.1) is 12.3 Å². The number of amides is 2. The molecule has 1 aliphatic heterocycles. The van der Waals surface area contributed by atoms with E-state index in [4.69, 9.17) is 6.42 Å². The largest absolute Gasteiger partial charge is 0.274 e. The molecule has 4 heteroatoms. The summed E-state index contributed by atoms with van der Waals surface area (Å²) in [5.74, 6) is 2.05. The monoisotopic (exact) mass is 228 g/mol. The van der Waals surface area contributed by atoms with Crippen molar-refractivity contribution in [2.45, 2.75) is 19.3 Å². The Kier molecular flexibility index (Phi) is 3.20. The van der Waals surface area contributed by atoms with Crippen LogP contribution in [-0.2, 0) is 0 Å². The molecule has 86 valence electrons. The minimum Gasteiger partial charge on any atom is -0.274 e. The highest BCUT2D eigenvalue weighted by molar-refractivity contribution is 6.21. The van der Waals surface area contributed by atoms with Crippen LogP contribution in [0.5, 0.6) is 0 Å². The molecule has 0 atom stereocenters. The number of pyridine rings is 1. The third kappa shape index (κ3) is 2.04. The fourth-order valence-corrected chi connectivity index (χ4v) is 1.83. The summed E-state index contributed by atoms with van der Waals surface area (Å²) < 4.78 is 0. The van der Waals surface area contributed by atoms with E-state index in [9.17, 15) is 9.59 Å². The average Bonchev–Trinajstić information content (AvgIpc) is 2.60. The maximum atomic E-state index is 11.9. The summed E-state index contributed by atoms with van der Waals surface area (Å²) in [4.78, 5) is 28.9. The number of unbranched alkanes of at least 4 members (excludes halogenated alkanes) is 2. The van der Waals surface area contributed by atoms with Crippen molar-refractivity contribution in [2.24, 2.45) is 0 Å². The molecular weight excluding hydrogens is 216 g/mol. The van der Waals surface area contributed by atoms with E-state index in [0.717, 1.165) is 12.8 Å². The predicted molar refractivity (Wildman–Crippen MR) is 62.3 cm³/mol. The molecular formula is C13H12N2O2. The lowest BCUT2D eigenvalue weighted by Gasteiger charge is -2.12.